The molecule has 6 nitrogen and oxygen atoms in total. The Labute approximate surface area is 165 Å². The number of hydrogen-bond acceptors (Lipinski definition) is 4. The van der Waals surface area contributed by atoms with E-state index in [1.807, 2.05) is 13.8 Å². The van der Waals surface area contributed by atoms with E-state index >= 15 is 0 Å². The van der Waals surface area contributed by atoms with Gasteiger partial charge in [-0.1, -0.05) is 12.1 Å². The molecule has 0 aliphatic carbocycles. The second kappa shape index (κ2) is 9.69. The second-order valence-corrected chi connectivity index (χ2v) is 6.77. The van der Waals surface area contributed by atoms with E-state index in [1.54, 1.807) is 48.5 Å². The van der Waals surface area contributed by atoms with Gasteiger partial charge in [-0.05, 0) is 57.2 Å². The standard InChI is InChI=1S/C22H26N2O4/c1-15(2)28-21-10-8-19(9-11-21)23-22(27)12-13-24(17(4)26)20-7-5-6-18(14-20)16(3)25/h5-11,14-15H,12-13H2,1-4H3,(H,23,27). The van der Waals surface area contributed by atoms with Crippen molar-refractivity contribution in [3.63, 3.8) is 0 Å². The summed E-state index contributed by atoms with van der Waals surface area (Å²) < 4.78 is 5.57. The minimum atomic E-state index is -0.202. The molecule has 1 N–H and O–H groups in total. The number of anilines is 2. The first-order valence-electron chi connectivity index (χ1n) is 9.22. The molecular weight excluding hydrogens is 356 g/mol. The van der Waals surface area contributed by atoms with Crippen LogP contribution in [0.2, 0.25) is 0 Å². The Balaban J connectivity index is 1.98. The monoisotopic (exact) mass is 382 g/mol. The van der Waals surface area contributed by atoms with Gasteiger partial charge in [-0.25, -0.2) is 0 Å². The van der Waals surface area contributed by atoms with Crippen molar-refractivity contribution in [2.24, 2.45) is 0 Å². The second-order valence-electron chi connectivity index (χ2n) is 6.77. The number of rotatable bonds is 8. The van der Waals surface area contributed by atoms with E-state index in [0.717, 1.165) is 5.75 Å². The highest BCUT2D eigenvalue weighted by molar-refractivity contribution is 5.98. The molecular formula is C22H26N2O4. The summed E-state index contributed by atoms with van der Waals surface area (Å²) in [6.45, 7) is 7.02. The van der Waals surface area contributed by atoms with E-state index in [2.05, 4.69) is 5.32 Å². The molecule has 0 fully saturated rings. The molecule has 0 bridgehead atoms. The Morgan fingerprint density at radius 2 is 1.71 bits per heavy atom. The molecule has 2 rings (SSSR count). The van der Waals surface area contributed by atoms with Gasteiger partial charge in [0, 0.05) is 36.8 Å². The molecule has 0 radical (unpaired) electrons. The van der Waals surface area contributed by atoms with Crippen LogP contribution in [0.5, 0.6) is 5.75 Å². The largest absolute Gasteiger partial charge is 0.491 e. The van der Waals surface area contributed by atoms with Crippen LogP contribution in [0.4, 0.5) is 11.4 Å². The minimum absolute atomic E-state index is 0.0759. The zero-order valence-corrected chi connectivity index (χ0v) is 16.7. The highest BCUT2D eigenvalue weighted by Crippen LogP contribution is 2.19. The number of nitrogens with zero attached hydrogens (tertiary/aromatic N) is 1. The van der Waals surface area contributed by atoms with Crippen molar-refractivity contribution >= 4 is 29.0 Å². The number of carbonyl (C=O) groups is 3. The van der Waals surface area contributed by atoms with Crippen molar-refractivity contribution in [1.29, 1.82) is 0 Å². The van der Waals surface area contributed by atoms with Crippen LogP contribution in [-0.2, 0) is 9.59 Å². The summed E-state index contributed by atoms with van der Waals surface area (Å²) in [6.07, 6.45) is 0.216. The number of hydrogen-bond donors (Lipinski definition) is 1. The van der Waals surface area contributed by atoms with E-state index in [4.69, 9.17) is 4.74 Å². The number of nitrogens with one attached hydrogen (secondary N) is 1. The summed E-state index contributed by atoms with van der Waals surface area (Å²) in [4.78, 5) is 37.3. The summed E-state index contributed by atoms with van der Waals surface area (Å²) >= 11 is 0. The van der Waals surface area contributed by atoms with Gasteiger partial charge in [-0.3, -0.25) is 14.4 Å². The maximum absolute atomic E-state index is 12.3. The molecule has 148 valence electrons. The first-order valence-corrected chi connectivity index (χ1v) is 9.22. The number of ether oxygens (including phenoxy) is 1. The lowest BCUT2D eigenvalue weighted by Gasteiger charge is -2.21. The summed E-state index contributed by atoms with van der Waals surface area (Å²) in [5, 5.41) is 2.81. The lowest BCUT2D eigenvalue weighted by atomic mass is 10.1. The maximum atomic E-state index is 12.3. The van der Waals surface area contributed by atoms with E-state index in [1.165, 1.54) is 18.7 Å². The number of benzene rings is 2. The fourth-order valence-corrected chi connectivity index (χ4v) is 2.69. The Bertz CT molecular complexity index is 844. The molecule has 2 amide bonds. The van der Waals surface area contributed by atoms with Gasteiger partial charge in [-0.2, -0.15) is 0 Å². The summed E-state index contributed by atoms with van der Waals surface area (Å²) in [5.41, 5.74) is 1.79. The molecule has 0 spiro atoms. The van der Waals surface area contributed by atoms with Gasteiger partial charge in [0.2, 0.25) is 11.8 Å². The molecule has 0 aromatic heterocycles. The molecule has 0 atom stereocenters. The van der Waals surface area contributed by atoms with Crippen molar-refractivity contribution < 1.29 is 19.1 Å². The summed E-state index contributed by atoms with van der Waals surface area (Å²) in [6, 6.07) is 14.0. The van der Waals surface area contributed by atoms with Crippen LogP contribution in [0.15, 0.2) is 48.5 Å². The minimum Gasteiger partial charge on any atom is -0.491 e. The number of amides is 2. The van der Waals surface area contributed by atoms with Gasteiger partial charge >= 0.3 is 0 Å². The Morgan fingerprint density at radius 1 is 1.04 bits per heavy atom. The van der Waals surface area contributed by atoms with Crippen molar-refractivity contribution in [2.75, 3.05) is 16.8 Å². The quantitative estimate of drug-likeness (QED) is 0.699. The topological polar surface area (TPSA) is 75.7 Å². The number of ketones is 1. The van der Waals surface area contributed by atoms with Crippen LogP contribution >= 0.6 is 0 Å². The van der Waals surface area contributed by atoms with Crippen LogP contribution in [0.1, 0.15) is 44.5 Å². The van der Waals surface area contributed by atoms with E-state index in [0.29, 0.717) is 16.9 Å². The van der Waals surface area contributed by atoms with Crippen molar-refractivity contribution in [3.8, 4) is 5.75 Å². The molecule has 0 saturated heterocycles. The van der Waals surface area contributed by atoms with Crippen molar-refractivity contribution in [2.45, 2.75) is 40.2 Å². The Hall–Kier alpha value is -3.15. The summed E-state index contributed by atoms with van der Waals surface area (Å²) in [7, 11) is 0. The molecule has 2 aromatic rings. The Morgan fingerprint density at radius 3 is 2.29 bits per heavy atom. The molecule has 0 aliphatic heterocycles. The molecule has 0 aliphatic rings. The van der Waals surface area contributed by atoms with Crippen LogP contribution < -0.4 is 15.0 Å². The first-order chi connectivity index (χ1) is 13.3. The van der Waals surface area contributed by atoms with Gasteiger partial charge in [0.05, 0.1) is 6.10 Å². The third-order valence-corrected chi connectivity index (χ3v) is 4.02. The zero-order valence-electron chi connectivity index (χ0n) is 16.7. The van der Waals surface area contributed by atoms with E-state index < -0.39 is 0 Å². The van der Waals surface area contributed by atoms with Gasteiger partial charge < -0.3 is 15.0 Å². The Kier molecular flexibility index (Phi) is 7.32. The van der Waals surface area contributed by atoms with Crippen LogP contribution in [0.3, 0.4) is 0 Å². The molecule has 0 unspecified atom stereocenters. The predicted octanol–water partition coefficient (Wildman–Crippen LogP) is 4.06. The molecule has 6 heteroatoms. The average Bonchev–Trinajstić information content (AvgIpc) is 2.63. The molecule has 2 aromatic carbocycles. The number of carbonyl (C=O) groups excluding carboxylic acids is 3. The third-order valence-electron chi connectivity index (χ3n) is 4.02. The first kappa shape index (κ1) is 21.2. The average molecular weight is 382 g/mol. The van der Waals surface area contributed by atoms with Crippen LogP contribution in [0, 0.1) is 0 Å². The normalized spacial score (nSPS) is 10.5. The fourth-order valence-electron chi connectivity index (χ4n) is 2.69. The highest BCUT2D eigenvalue weighted by atomic mass is 16.5. The van der Waals surface area contributed by atoms with E-state index in [9.17, 15) is 14.4 Å². The fraction of sp³-hybridized carbons (Fsp3) is 0.318. The van der Waals surface area contributed by atoms with Crippen LogP contribution in [0.25, 0.3) is 0 Å². The lowest BCUT2D eigenvalue weighted by molar-refractivity contribution is -0.117. The third kappa shape index (κ3) is 6.23. The van der Waals surface area contributed by atoms with Gasteiger partial charge in [0.15, 0.2) is 5.78 Å². The van der Waals surface area contributed by atoms with Crippen molar-refractivity contribution in [3.05, 3.63) is 54.1 Å². The van der Waals surface area contributed by atoms with Gasteiger partial charge in [-0.15, -0.1) is 0 Å². The molecule has 0 heterocycles. The molecule has 28 heavy (non-hydrogen) atoms. The smallest absolute Gasteiger partial charge is 0.226 e. The van der Waals surface area contributed by atoms with Crippen molar-refractivity contribution in [1.82, 2.24) is 0 Å². The van der Waals surface area contributed by atoms with Crippen LogP contribution in [-0.4, -0.2) is 30.2 Å². The predicted molar refractivity (Wildman–Crippen MR) is 110 cm³/mol. The maximum Gasteiger partial charge on any atom is 0.226 e. The number of Topliss-reactive ketones (excluding diaryl/α,β-unsaturated/α-hetero) is 1. The van der Waals surface area contributed by atoms with Gasteiger partial charge in [0.25, 0.3) is 0 Å². The SMILES string of the molecule is CC(=O)c1cccc(N(CCC(=O)Nc2ccc(OC(C)C)cc2)C(C)=O)c1. The van der Waals surface area contributed by atoms with E-state index in [-0.39, 0.29) is 36.7 Å². The highest BCUT2D eigenvalue weighted by Gasteiger charge is 2.15. The van der Waals surface area contributed by atoms with Gasteiger partial charge in [0.1, 0.15) is 5.75 Å². The molecule has 0 saturated carbocycles. The zero-order chi connectivity index (χ0) is 20.7. The lowest BCUT2D eigenvalue weighted by Crippen LogP contribution is -2.32. The summed E-state index contributed by atoms with van der Waals surface area (Å²) in [5.74, 6) is 0.268.